The Morgan fingerprint density at radius 2 is 0.846 bits per heavy atom. The molecule has 1 heterocycles. The molecule has 184 valence electrons. The van der Waals surface area contributed by atoms with Crippen molar-refractivity contribution in [2.45, 2.75) is 0 Å². The quantitative estimate of drug-likeness (QED) is 0.230. The van der Waals surface area contributed by atoms with Crippen LogP contribution in [0.15, 0.2) is 152 Å². The van der Waals surface area contributed by atoms with E-state index < -0.39 is 8.07 Å². The lowest BCUT2D eigenvalue weighted by Gasteiger charge is -2.34. The topological polar surface area (TPSA) is 49.6 Å². The van der Waals surface area contributed by atoms with E-state index >= 15 is 0 Å². The Hall–Kier alpha value is -5.11. The molecule has 0 saturated heterocycles. The van der Waals surface area contributed by atoms with Crippen LogP contribution in [0.3, 0.4) is 0 Å². The minimum atomic E-state index is -2.67. The molecule has 0 aliphatic rings. The van der Waals surface area contributed by atoms with Crippen molar-refractivity contribution in [2.75, 3.05) is 0 Å². The van der Waals surface area contributed by atoms with Gasteiger partial charge in [-0.3, -0.25) is 0 Å². The van der Waals surface area contributed by atoms with E-state index in [4.69, 9.17) is 0 Å². The Balaban J connectivity index is 1.62. The van der Waals surface area contributed by atoms with Gasteiger partial charge < -0.3 is 0 Å². The van der Waals surface area contributed by atoms with E-state index in [0.717, 1.165) is 22.5 Å². The Morgan fingerprint density at radius 3 is 1.33 bits per heavy atom. The average molecular weight is 516 g/mol. The SMILES string of the molecule is N#Cc1nc(-c2ccccc2)cc(-c2cccc([Si](c3ccccc3)(c3ccccc3)c3ccccc3)c2)n1. The monoisotopic (exact) mass is 515 g/mol. The highest BCUT2D eigenvalue weighted by Crippen LogP contribution is 2.24. The van der Waals surface area contributed by atoms with Crippen molar-refractivity contribution in [1.82, 2.24) is 9.97 Å². The van der Waals surface area contributed by atoms with E-state index in [9.17, 15) is 5.26 Å². The van der Waals surface area contributed by atoms with Crippen molar-refractivity contribution < 1.29 is 0 Å². The van der Waals surface area contributed by atoms with Gasteiger partial charge in [0, 0.05) is 11.1 Å². The zero-order valence-electron chi connectivity index (χ0n) is 21.3. The summed E-state index contributed by atoms with van der Waals surface area (Å²) in [4.78, 5) is 9.13. The first-order chi connectivity index (χ1) is 19.3. The van der Waals surface area contributed by atoms with Crippen LogP contribution in [0, 0.1) is 11.3 Å². The molecule has 0 unspecified atom stereocenters. The molecule has 0 amide bonds. The fourth-order valence-electron chi connectivity index (χ4n) is 5.38. The number of benzene rings is 5. The second-order valence-electron chi connectivity index (χ2n) is 9.37. The zero-order chi connectivity index (χ0) is 26.5. The van der Waals surface area contributed by atoms with E-state index in [1.807, 2.05) is 36.4 Å². The third-order valence-corrected chi connectivity index (χ3v) is 11.9. The fraction of sp³-hybridized carbons (Fsp3) is 0. The minimum Gasteiger partial charge on any atom is -0.219 e. The van der Waals surface area contributed by atoms with Gasteiger partial charge in [-0.2, -0.15) is 5.26 Å². The van der Waals surface area contributed by atoms with Crippen LogP contribution in [-0.4, -0.2) is 18.0 Å². The molecule has 0 radical (unpaired) electrons. The number of nitrogens with zero attached hydrogens (tertiary/aromatic N) is 3. The molecule has 4 heteroatoms. The lowest BCUT2D eigenvalue weighted by Crippen LogP contribution is -2.74. The lowest BCUT2D eigenvalue weighted by molar-refractivity contribution is 1.12. The normalized spacial score (nSPS) is 11.1. The van der Waals surface area contributed by atoms with Crippen LogP contribution in [0.1, 0.15) is 5.82 Å². The van der Waals surface area contributed by atoms with Gasteiger partial charge in [-0.15, -0.1) is 0 Å². The fourth-order valence-corrected chi connectivity index (χ4v) is 10.2. The number of hydrogen-bond donors (Lipinski definition) is 0. The zero-order valence-corrected chi connectivity index (χ0v) is 22.3. The van der Waals surface area contributed by atoms with Gasteiger partial charge in [-0.05, 0) is 26.8 Å². The summed E-state index contributed by atoms with van der Waals surface area (Å²) in [5.41, 5.74) is 3.39. The van der Waals surface area contributed by atoms with E-state index in [1.165, 1.54) is 20.7 Å². The molecule has 0 saturated carbocycles. The third-order valence-electron chi connectivity index (χ3n) is 7.11. The molecular formula is C35H25N3Si. The van der Waals surface area contributed by atoms with Crippen molar-refractivity contribution in [2.24, 2.45) is 0 Å². The van der Waals surface area contributed by atoms with Gasteiger partial charge >= 0.3 is 0 Å². The largest absolute Gasteiger partial charge is 0.233 e. The maximum absolute atomic E-state index is 9.74. The summed E-state index contributed by atoms with van der Waals surface area (Å²) in [6, 6.07) is 55.3. The summed E-state index contributed by atoms with van der Waals surface area (Å²) >= 11 is 0. The van der Waals surface area contributed by atoms with Crippen LogP contribution in [0.2, 0.25) is 0 Å². The molecule has 0 aliphatic carbocycles. The van der Waals surface area contributed by atoms with Gasteiger partial charge in [0.2, 0.25) is 5.82 Å². The highest BCUT2D eigenvalue weighted by Gasteiger charge is 2.41. The molecule has 3 nitrogen and oxygen atoms in total. The van der Waals surface area contributed by atoms with Gasteiger partial charge in [-0.1, -0.05) is 146 Å². The molecule has 0 atom stereocenters. The first kappa shape index (κ1) is 24.2. The summed E-state index contributed by atoms with van der Waals surface area (Å²) in [7, 11) is -2.67. The van der Waals surface area contributed by atoms with Crippen LogP contribution < -0.4 is 20.7 Å². The van der Waals surface area contributed by atoms with Crippen LogP contribution >= 0.6 is 0 Å². The predicted octanol–water partition coefficient (Wildman–Crippen LogP) is 5.06. The van der Waals surface area contributed by atoms with Gasteiger partial charge in [0.15, 0.2) is 8.07 Å². The van der Waals surface area contributed by atoms with E-state index in [1.54, 1.807) is 0 Å². The average Bonchev–Trinajstić information content (AvgIpc) is 3.03. The van der Waals surface area contributed by atoms with Gasteiger partial charge in [0.1, 0.15) is 6.07 Å². The van der Waals surface area contributed by atoms with Crippen molar-refractivity contribution in [3.05, 3.63) is 157 Å². The molecular weight excluding hydrogens is 490 g/mol. The van der Waals surface area contributed by atoms with Gasteiger partial charge in [0.05, 0.1) is 11.4 Å². The van der Waals surface area contributed by atoms with Crippen LogP contribution in [0.4, 0.5) is 0 Å². The summed E-state index contributed by atoms with van der Waals surface area (Å²) in [5.74, 6) is 0.162. The first-order valence-corrected chi connectivity index (χ1v) is 14.9. The number of nitriles is 1. The molecule has 0 fully saturated rings. The van der Waals surface area contributed by atoms with Gasteiger partial charge in [0.25, 0.3) is 0 Å². The highest BCUT2D eigenvalue weighted by atomic mass is 28.3. The van der Waals surface area contributed by atoms with Crippen LogP contribution in [-0.2, 0) is 0 Å². The summed E-state index contributed by atoms with van der Waals surface area (Å²) in [5, 5.41) is 14.9. The molecule has 0 spiro atoms. The van der Waals surface area contributed by atoms with E-state index in [0.29, 0.717) is 0 Å². The standard InChI is InChI=1S/C35H25N3Si/c36-26-35-37-33(27-14-5-1-6-15-27)25-34(38-35)28-16-13-23-32(24-28)39(29-17-7-2-8-18-29,30-19-9-3-10-20-30)31-21-11-4-12-22-31/h1-25H. The molecule has 0 N–H and O–H groups in total. The lowest BCUT2D eigenvalue weighted by atomic mass is 10.1. The molecule has 6 aromatic rings. The van der Waals surface area contributed by atoms with Crippen molar-refractivity contribution in [3.63, 3.8) is 0 Å². The van der Waals surface area contributed by atoms with Crippen LogP contribution in [0.25, 0.3) is 22.5 Å². The van der Waals surface area contributed by atoms with Crippen LogP contribution in [0.5, 0.6) is 0 Å². The maximum atomic E-state index is 9.74. The Kier molecular flexibility index (Phi) is 6.65. The maximum Gasteiger partial charge on any atom is 0.233 e. The minimum absolute atomic E-state index is 0.162. The van der Waals surface area contributed by atoms with Crippen molar-refractivity contribution >= 4 is 28.8 Å². The third kappa shape index (κ3) is 4.57. The van der Waals surface area contributed by atoms with Gasteiger partial charge in [-0.25, -0.2) is 9.97 Å². The Bertz CT molecular complexity index is 1650. The smallest absolute Gasteiger partial charge is 0.219 e. The number of hydrogen-bond acceptors (Lipinski definition) is 3. The molecule has 5 aromatic carbocycles. The van der Waals surface area contributed by atoms with Crippen molar-refractivity contribution in [1.29, 1.82) is 5.26 Å². The van der Waals surface area contributed by atoms with E-state index in [-0.39, 0.29) is 5.82 Å². The molecule has 6 rings (SSSR count). The summed E-state index contributed by atoms with van der Waals surface area (Å²) in [6.45, 7) is 0. The highest BCUT2D eigenvalue weighted by molar-refractivity contribution is 7.19. The predicted molar refractivity (Wildman–Crippen MR) is 161 cm³/mol. The molecule has 0 aliphatic heterocycles. The molecule has 0 bridgehead atoms. The summed E-state index contributed by atoms with van der Waals surface area (Å²) < 4.78 is 0. The summed E-state index contributed by atoms with van der Waals surface area (Å²) in [6.07, 6.45) is 0. The van der Waals surface area contributed by atoms with Crippen molar-refractivity contribution in [3.8, 4) is 28.6 Å². The Labute approximate surface area is 229 Å². The number of aromatic nitrogens is 2. The molecule has 1 aromatic heterocycles. The molecule has 39 heavy (non-hydrogen) atoms. The first-order valence-electron chi connectivity index (χ1n) is 12.9. The number of rotatable bonds is 6. The van der Waals surface area contributed by atoms with E-state index in [2.05, 4.69) is 131 Å². The second-order valence-corrected chi connectivity index (χ2v) is 13.2. The second kappa shape index (κ2) is 10.7. The Morgan fingerprint density at radius 1 is 0.436 bits per heavy atom.